The van der Waals surface area contributed by atoms with Crippen LogP contribution in [-0.2, 0) is 9.05 Å². The van der Waals surface area contributed by atoms with E-state index < -0.39 is 9.05 Å². The molecule has 78 valence electrons. The Labute approximate surface area is 104 Å². The highest BCUT2D eigenvalue weighted by atomic mass is 35.7. The van der Waals surface area contributed by atoms with Crippen molar-refractivity contribution < 1.29 is 8.42 Å². The minimum absolute atomic E-state index is 0.0335. The van der Waals surface area contributed by atoms with Gasteiger partial charge in [-0.15, -0.1) is 11.3 Å². The highest BCUT2D eigenvalue weighted by molar-refractivity contribution is 8.15. The van der Waals surface area contributed by atoms with Crippen LogP contribution in [0.4, 0.5) is 0 Å². The van der Waals surface area contributed by atoms with Crippen LogP contribution in [0.25, 0.3) is 5.03 Å². The van der Waals surface area contributed by atoms with Crippen molar-refractivity contribution in [1.29, 1.82) is 0 Å². The third kappa shape index (κ3) is 2.78. The number of hydrogen-bond acceptors (Lipinski definition) is 3. The van der Waals surface area contributed by atoms with E-state index in [1.54, 1.807) is 0 Å². The van der Waals surface area contributed by atoms with E-state index in [9.17, 15) is 8.42 Å². The molecule has 1 rings (SSSR count). The van der Waals surface area contributed by atoms with Gasteiger partial charge in [0.15, 0.2) is 0 Å². The van der Waals surface area contributed by atoms with Crippen LogP contribution in [0.5, 0.6) is 0 Å². The molecule has 0 atom stereocenters. The first-order valence-corrected chi connectivity index (χ1v) is 7.39. The van der Waals surface area contributed by atoms with E-state index in [0.29, 0.717) is 0 Å². The van der Waals surface area contributed by atoms with Crippen molar-refractivity contribution in [2.45, 2.75) is 4.21 Å². The lowest BCUT2D eigenvalue weighted by atomic mass is 10.3. The fraction of sp³-hybridized carbons (Fsp3) is 0. The Kier molecular flexibility index (Phi) is 4.14. The summed E-state index contributed by atoms with van der Waals surface area (Å²) in [5.41, 5.74) is 0.215. The predicted octanol–water partition coefficient (Wildman–Crippen LogP) is 4.02. The maximum atomic E-state index is 11.1. The molecule has 2 nitrogen and oxygen atoms in total. The van der Waals surface area contributed by atoms with Crippen molar-refractivity contribution in [3.63, 3.8) is 0 Å². The third-order valence-corrected chi connectivity index (χ3v) is 5.27. The molecule has 0 saturated carbocycles. The van der Waals surface area contributed by atoms with Crippen molar-refractivity contribution in [1.82, 2.24) is 0 Å². The van der Waals surface area contributed by atoms with Crippen molar-refractivity contribution in [3.05, 3.63) is 21.5 Å². The first kappa shape index (κ1) is 12.6. The Bertz CT molecular complexity index is 470. The normalized spacial score (nSPS) is 11.4. The molecular formula is C6H2Cl4O2S2. The van der Waals surface area contributed by atoms with Crippen molar-refractivity contribution in [3.8, 4) is 0 Å². The lowest BCUT2D eigenvalue weighted by Crippen LogP contribution is -1.90. The second-order valence-electron chi connectivity index (χ2n) is 2.13. The van der Waals surface area contributed by atoms with Gasteiger partial charge in [-0.05, 0) is 11.4 Å². The van der Waals surface area contributed by atoms with Gasteiger partial charge in [0.1, 0.15) is 8.70 Å². The Hall–Kier alpha value is 0.550. The molecule has 0 bridgehead atoms. The van der Waals surface area contributed by atoms with E-state index >= 15 is 0 Å². The molecule has 0 N–H and O–H groups in total. The van der Waals surface area contributed by atoms with Gasteiger partial charge >= 0.3 is 0 Å². The summed E-state index contributed by atoms with van der Waals surface area (Å²) in [6, 6.07) is 1.48. The Morgan fingerprint density at radius 3 is 2.29 bits per heavy atom. The Morgan fingerprint density at radius 1 is 1.29 bits per heavy atom. The molecule has 14 heavy (non-hydrogen) atoms. The van der Waals surface area contributed by atoms with Crippen LogP contribution in [0.1, 0.15) is 5.56 Å². The first-order chi connectivity index (χ1) is 6.34. The zero-order chi connectivity index (χ0) is 10.9. The number of halogens is 4. The molecular weight excluding hydrogens is 310 g/mol. The van der Waals surface area contributed by atoms with Crippen LogP contribution in [0.15, 0.2) is 20.1 Å². The number of rotatable bonds is 2. The van der Waals surface area contributed by atoms with Gasteiger partial charge in [0.05, 0.1) is 5.03 Å². The smallest absolute Gasteiger partial charge is 0.206 e. The summed E-state index contributed by atoms with van der Waals surface area (Å²) in [4.78, 5) is 0. The van der Waals surface area contributed by atoms with E-state index in [-0.39, 0.29) is 19.3 Å². The molecule has 0 unspecified atom stereocenters. The predicted molar refractivity (Wildman–Crippen MR) is 61.8 cm³/mol. The van der Waals surface area contributed by atoms with E-state index in [4.69, 9.17) is 45.5 Å². The fourth-order valence-corrected chi connectivity index (χ4v) is 3.48. The van der Waals surface area contributed by atoms with Gasteiger partial charge in [0, 0.05) is 16.2 Å². The average Bonchev–Trinajstić information content (AvgIpc) is 2.48. The largest absolute Gasteiger partial charge is 0.271 e. The van der Waals surface area contributed by atoms with E-state index in [1.807, 2.05) is 0 Å². The minimum Gasteiger partial charge on any atom is -0.206 e. The molecule has 0 fully saturated rings. The van der Waals surface area contributed by atoms with Gasteiger partial charge in [0.25, 0.3) is 9.05 Å². The summed E-state index contributed by atoms with van der Waals surface area (Å²) in [7, 11) is 1.36. The van der Waals surface area contributed by atoms with E-state index in [2.05, 4.69) is 0 Å². The molecule has 0 aromatic carbocycles. The van der Waals surface area contributed by atoms with Crippen LogP contribution < -0.4 is 0 Å². The molecule has 0 aliphatic carbocycles. The van der Waals surface area contributed by atoms with Crippen LogP contribution in [-0.4, -0.2) is 8.42 Å². The third-order valence-electron chi connectivity index (χ3n) is 1.25. The second-order valence-corrected chi connectivity index (χ2v) is 7.14. The lowest BCUT2D eigenvalue weighted by molar-refractivity contribution is 0.611. The summed E-state index contributed by atoms with van der Waals surface area (Å²) in [5.74, 6) is 0. The highest BCUT2D eigenvalue weighted by Gasteiger charge is 2.20. The molecule has 0 radical (unpaired) electrons. The van der Waals surface area contributed by atoms with Crippen molar-refractivity contribution >= 4 is 70.9 Å². The summed E-state index contributed by atoms with van der Waals surface area (Å²) in [5, 5.41) is 1.50. The average molecular weight is 312 g/mol. The SMILES string of the molecule is O=S(=O)(Cl)c1sccc1C(Cl)=C(Cl)Cl. The molecule has 1 heterocycles. The van der Waals surface area contributed by atoms with Crippen molar-refractivity contribution in [2.75, 3.05) is 0 Å². The van der Waals surface area contributed by atoms with E-state index in [1.165, 1.54) is 11.4 Å². The molecule has 0 aliphatic rings. The van der Waals surface area contributed by atoms with Gasteiger partial charge in [0.2, 0.25) is 0 Å². The maximum Gasteiger partial charge on any atom is 0.271 e. The van der Waals surface area contributed by atoms with Gasteiger partial charge in [-0.3, -0.25) is 0 Å². The maximum absolute atomic E-state index is 11.1. The standard InChI is InChI=1S/C6H2Cl4O2S2/c7-4(5(8)9)3-1-2-13-6(3)14(10,11)12/h1-2H. The topological polar surface area (TPSA) is 34.1 Å². The molecule has 0 spiro atoms. The Morgan fingerprint density at radius 2 is 1.86 bits per heavy atom. The molecule has 1 aromatic heterocycles. The molecule has 0 amide bonds. The quantitative estimate of drug-likeness (QED) is 0.773. The first-order valence-electron chi connectivity index (χ1n) is 3.07. The molecule has 0 aliphatic heterocycles. The van der Waals surface area contributed by atoms with E-state index in [0.717, 1.165) is 11.3 Å². The van der Waals surface area contributed by atoms with Crippen LogP contribution in [0.2, 0.25) is 0 Å². The zero-order valence-electron chi connectivity index (χ0n) is 6.30. The summed E-state index contributed by atoms with van der Waals surface area (Å²) in [6.45, 7) is 0. The lowest BCUT2D eigenvalue weighted by Gasteiger charge is -1.98. The van der Waals surface area contributed by atoms with Crippen molar-refractivity contribution in [2.24, 2.45) is 0 Å². The molecule has 8 heteroatoms. The summed E-state index contributed by atoms with van der Waals surface area (Å²) >= 11 is 17.5. The molecule has 0 saturated heterocycles. The van der Waals surface area contributed by atoms with Crippen LogP contribution >= 0.6 is 56.8 Å². The number of hydrogen-bond donors (Lipinski definition) is 0. The summed E-state index contributed by atoms with van der Waals surface area (Å²) in [6.07, 6.45) is 0. The van der Waals surface area contributed by atoms with Gasteiger partial charge in [-0.1, -0.05) is 34.8 Å². The Balaban J connectivity index is 3.40. The monoisotopic (exact) mass is 310 g/mol. The number of thiophene rings is 1. The fourth-order valence-electron chi connectivity index (χ4n) is 0.749. The second kappa shape index (κ2) is 4.60. The molecule has 1 aromatic rings. The highest BCUT2D eigenvalue weighted by Crippen LogP contribution is 2.36. The summed E-state index contributed by atoms with van der Waals surface area (Å²) < 4.78 is 21.8. The zero-order valence-corrected chi connectivity index (χ0v) is 11.0. The van der Waals surface area contributed by atoms with Gasteiger partial charge in [-0.25, -0.2) is 8.42 Å². The minimum atomic E-state index is -3.81. The van der Waals surface area contributed by atoms with Crippen LogP contribution in [0, 0.1) is 0 Å². The van der Waals surface area contributed by atoms with Crippen LogP contribution in [0.3, 0.4) is 0 Å². The van der Waals surface area contributed by atoms with Gasteiger partial charge < -0.3 is 0 Å². The van der Waals surface area contributed by atoms with Gasteiger partial charge in [-0.2, -0.15) is 0 Å².